The van der Waals surface area contributed by atoms with E-state index in [-0.39, 0.29) is 18.3 Å². The fraction of sp³-hybridized carbons (Fsp3) is 0.429. The number of aromatic nitrogens is 2. The normalized spacial score (nSPS) is 10.8. The van der Waals surface area contributed by atoms with E-state index in [1.165, 1.54) is 0 Å². The number of carbonyl (C=O) groups is 1. The van der Waals surface area contributed by atoms with Crippen LogP contribution in [-0.4, -0.2) is 42.8 Å². The van der Waals surface area contributed by atoms with Gasteiger partial charge in [0.1, 0.15) is 18.1 Å². The Morgan fingerprint density at radius 1 is 1.43 bits per heavy atom. The number of hydrogen-bond donors (Lipinski definition) is 1. The van der Waals surface area contributed by atoms with E-state index in [2.05, 4.69) is 10.3 Å². The Balaban J connectivity index is 2.25. The molecule has 0 saturated carbocycles. The largest absolute Gasteiger partial charge is 0.497 e. The van der Waals surface area contributed by atoms with Crippen LogP contribution in [0.15, 0.2) is 18.2 Å². The number of amides is 1. The molecule has 0 aliphatic rings. The summed E-state index contributed by atoms with van der Waals surface area (Å²) in [5.41, 5.74) is 1.61. The minimum Gasteiger partial charge on any atom is -0.497 e. The van der Waals surface area contributed by atoms with Gasteiger partial charge in [0, 0.05) is 19.7 Å². The molecule has 1 N–H and O–H groups in total. The molecule has 0 aliphatic carbocycles. The van der Waals surface area contributed by atoms with Crippen LogP contribution >= 0.6 is 11.6 Å². The fourth-order valence-corrected chi connectivity index (χ4v) is 2.25. The Hall–Kier alpha value is -1.79. The van der Waals surface area contributed by atoms with Gasteiger partial charge in [-0.05, 0) is 12.1 Å². The van der Waals surface area contributed by atoms with Crippen LogP contribution in [0.1, 0.15) is 5.82 Å². The Morgan fingerprint density at radius 3 is 2.90 bits per heavy atom. The molecule has 1 heterocycles. The third-order valence-electron chi connectivity index (χ3n) is 3.08. The first-order valence-corrected chi connectivity index (χ1v) is 7.07. The van der Waals surface area contributed by atoms with Gasteiger partial charge in [0.05, 0.1) is 30.6 Å². The predicted octanol–water partition coefficient (Wildman–Crippen LogP) is 1.55. The maximum Gasteiger partial charge on any atom is 0.240 e. The molecule has 1 aromatic heterocycles. The minimum absolute atomic E-state index is 0.111. The molecule has 0 fully saturated rings. The van der Waals surface area contributed by atoms with E-state index in [1.54, 1.807) is 18.8 Å². The number of carbonyl (C=O) groups excluding carboxylic acids is 1. The number of fused-ring (bicyclic) bond motifs is 1. The van der Waals surface area contributed by atoms with Crippen LogP contribution in [0.25, 0.3) is 11.0 Å². The summed E-state index contributed by atoms with van der Waals surface area (Å²) in [6.07, 6.45) is 0. The third kappa shape index (κ3) is 3.65. The molecule has 0 aliphatic heterocycles. The lowest BCUT2D eigenvalue weighted by Gasteiger charge is -2.09. The molecule has 1 aromatic carbocycles. The van der Waals surface area contributed by atoms with Gasteiger partial charge in [0.2, 0.25) is 5.91 Å². The summed E-state index contributed by atoms with van der Waals surface area (Å²) in [7, 11) is 3.19. The van der Waals surface area contributed by atoms with Crippen LogP contribution in [-0.2, 0) is 22.0 Å². The molecule has 0 radical (unpaired) electrons. The number of benzene rings is 1. The second kappa shape index (κ2) is 7.28. The second-order valence-electron chi connectivity index (χ2n) is 4.45. The lowest BCUT2D eigenvalue weighted by atomic mass is 10.3. The maximum absolute atomic E-state index is 12.0. The number of nitrogens with zero attached hydrogens (tertiary/aromatic N) is 2. The highest BCUT2D eigenvalue weighted by Gasteiger charge is 2.13. The average molecular weight is 312 g/mol. The Morgan fingerprint density at radius 2 is 2.24 bits per heavy atom. The first-order valence-electron chi connectivity index (χ1n) is 6.54. The smallest absolute Gasteiger partial charge is 0.240 e. The zero-order valence-electron chi connectivity index (χ0n) is 12.1. The molecule has 2 aromatic rings. The van der Waals surface area contributed by atoms with Crippen molar-refractivity contribution in [1.82, 2.24) is 14.9 Å². The van der Waals surface area contributed by atoms with Crippen LogP contribution in [0.2, 0.25) is 0 Å². The van der Waals surface area contributed by atoms with Crippen LogP contribution in [0, 0.1) is 0 Å². The Labute approximate surface area is 128 Å². The molecule has 0 saturated heterocycles. The number of nitrogens with one attached hydrogen (secondary N) is 1. The lowest BCUT2D eigenvalue weighted by molar-refractivity contribution is -0.121. The molecule has 0 unspecified atom stereocenters. The van der Waals surface area contributed by atoms with Crippen molar-refractivity contribution in [3.63, 3.8) is 0 Å². The first kappa shape index (κ1) is 15.6. The van der Waals surface area contributed by atoms with Crippen LogP contribution < -0.4 is 10.1 Å². The van der Waals surface area contributed by atoms with Crippen molar-refractivity contribution in [2.45, 2.75) is 12.4 Å². The van der Waals surface area contributed by atoms with E-state index >= 15 is 0 Å². The van der Waals surface area contributed by atoms with Gasteiger partial charge in [0.25, 0.3) is 0 Å². The zero-order chi connectivity index (χ0) is 15.2. The number of methoxy groups -OCH3 is 2. The molecule has 7 heteroatoms. The lowest BCUT2D eigenvalue weighted by Crippen LogP contribution is -2.30. The van der Waals surface area contributed by atoms with Crippen molar-refractivity contribution in [2.75, 3.05) is 27.4 Å². The van der Waals surface area contributed by atoms with Gasteiger partial charge < -0.3 is 19.4 Å². The molecular formula is C14H18ClN3O3. The zero-order valence-corrected chi connectivity index (χ0v) is 12.8. The predicted molar refractivity (Wildman–Crippen MR) is 80.7 cm³/mol. The Bertz CT molecular complexity index is 627. The number of imidazole rings is 1. The molecule has 114 valence electrons. The van der Waals surface area contributed by atoms with Crippen LogP contribution in [0.5, 0.6) is 5.75 Å². The van der Waals surface area contributed by atoms with E-state index in [4.69, 9.17) is 21.1 Å². The molecule has 2 rings (SSSR count). The molecule has 6 nitrogen and oxygen atoms in total. The van der Waals surface area contributed by atoms with Gasteiger partial charge in [-0.1, -0.05) is 0 Å². The molecular weight excluding hydrogens is 294 g/mol. The summed E-state index contributed by atoms with van der Waals surface area (Å²) in [6, 6.07) is 5.53. The average Bonchev–Trinajstić information content (AvgIpc) is 2.84. The number of ether oxygens (including phenoxy) is 2. The molecule has 1 amide bonds. The summed E-state index contributed by atoms with van der Waals surface area (Å²) >= 11 is 5.92. The highest BCUT2D eigenvalue weighted by atomic mass is 35.5. The molecule has 0 bridgehead atoms. The summed E-state index contributed by atoms with van der Waals surface area (Å²) in [5.74, 6) is 1.49. The van der Waals surface area contributed by atoms with Gasteiger partial charge in [-0.15, -0.1) is 11.6 Å². The molecule has 21 heavy (non-hydrogen) atoms. The summed E-state index contributed by atoms with van der Waals surface area (Å²) < 4.78 is 11.9. The summed E-state index contributed by atoms with van der Waals surface area (Å²) in [6.45, 7) is 1.11. The highest BCUT2D eigenvalue weighted by molar-refractivity contribution is 6.16. The maximum atomic E-state index is 12.0. The summed E-state index contributed by atoms with van der Waals surface area (Å²) in [5, 5.41) is 2.78. The van der Waals surface area contributed by atoms with E-state index in [0.29, 0.717) is 24.7 Å². The van der Waals surface area contributed by atoms with Gasteiger partial charge in [-0.25, -0.2) is 4.98 Å². The number of rotatable bonds is 7. The monoisotopic (exact) mass is 311 g/mol. The fourth-order valence-electron chi connectivity index (χ4n) is 2.05. The first-order chi connectivity index (χ1) is 10.2. The van der Waals surface area contributed by atoms with Gasteiger partial charge in [-0.3, -0.25) is 4.79 Å². The number of halogens is 1. The van der Waals surface area contributed by atoms with Crippen molar-refractivity contribution in [3.8, 4) is 5.75 Å². The van der Waals surface area contributed by atoms with Crippen LogP contribution in [0.4, 0.5) is 0 Å². The SMILES string of the molecule is COCCNC(=O)Cn1c(CCl)nc2ccc(OC)cc21. The molecule has 0 atom stereocenters. The van der Waals surface area contributed by atoms with E-state index in [1.807, 2.05) is 18.2 Å². The topological polar surface area (TPSA) is 65.4 Å². The van der Waals surface area contributed by atoms with Crippen molar-refractivity contribution in [3.05, 3.63) is 24.0 Å². The quantitative estimate of drug-likeness (QED) is 0.622. The van der Waals surface area contributed by atoms with Gasteiger partial charge in [0.15, 0.2) is 0 Å². The van der Waals surface area contributed by atoms with E-state index in [0.717, 1.165) is 11.0 Å². The Kier molecular flexibility index (Phi) is 5.41. The van der Waals surface area contributed by atoms with Crippen molar-refractivity contribution < 1.29 is 14.3 Å². The van der Waals surface area contributed by atoms with E-state index < -0.39 is 0 Å². The number of hydrogen-bond acceptors (Lipinski definition) is 4. The van der Waals surface area contributed by atoms with Gasteiger partial charge in [-0.2, -0.15) is 0 Å². The second-order valence-corrected chi connectivity index (χ2v) is 4.71. The van der Waals surface area contributed by atoms with E-state index in [9.17, 15) is 4.79 Å². The van der Waals surface area contributed by atoms with Crippen molar-refractivity contribution in [2.24, 2.45) is 0 Å². The summed E-state index contributed by atoms with van der Waals surface area (Å²) in [4.78, 5) is 16.4. The third-order valence-corrected chi connectivity index (χ3v) is 3.32. The van der Waals surface area contributed by atoms with Crippen molar-refractivity contribution >= 4 is 28.5 Å². The number of alkyl halides is 1. The molecule has 0 spiro atoms. The van der Waals surface area contributed by atoms with Crippen LogP contribution in [0.3, 0.4) is 0 Å². The minimum atomic E-state index is -0.111. The van der Waals surface area contributed by atoms with Gasteiger partial charge >= 0.3 is 0 Å². The highest BCUT2D eigenvalue weighted by Crippen LogP contribution is 2.22. The van der Waals surface area contributed by atoms with Crippen molar-refractivity contribution in [1.29, 1.82) is 0 Å². The standard InChI is InChI=1S/C14H18ClN3O3/c1-20-6-5-16-14(19)9-18-12-7-10(21-2)3-4-11(12)17-13(18)8-15/h3-4,7H,5-6,8-9H2,1-2H3,(H,16,19).